The van der Waals surface area contributed by atoms with Crippen LogP contribution in [-0.2, 0) is 5.54 Å². The summed E-state index contributed by atoms with van der Waals surface area (Å²) in [6, 6.07) is 20.6. The van der Waals surface area contributed by atoms with E-state index in [1.54, 1.807) is 25.3 Å². The van der Waals surface area contributed by atoms with Gasteiger partial charge in [-0.25, -0.2) is 0 Å². The summed E-state index contributed by atoms with van der Waals surface area (Å²) < 4.78 is 19.3. The Hall–Kier alpha value is -3.71. The summed E-state index contributed by atoms with van der Waals surface area (Å²) in [7, 11) is 1.63. The fraction of sp³-hybridized carbons (Fsp3) is 0.200. The highest BCUT2D eigenvalue weighted by Crippen LogP contribution is 2.31. The normalized spacial score (nSPS) is 18.1. The maximum atomic E-state index is 13.9. The third kappa shape index (κ3) is 3.61. The molecule has 1 unspecified atom stereocenters. The van der Waals surface area contributed by atoms with Crippen molar-refractivity contribution in [3.63, 3.8) is 0 Å². The number of hydrogen-bond donors (Lipinski definition) is 3. The van der Waals surface area contributed by atoms with E-state index in [1.165, 1.54) is 0 Å². The predicted octanol–water partition coefficient (Wildman–Crippen LogP) is 4.00. The van der Waals surface area contributed by atoms with E-state index in [4.69, 9.17) is 4.74 Å². The summed E-state index contributed by atoms with van der Waals surface area (Å²) in [5.74, 6) is 0.0607. The van der Waals surface area contributed by atoms with Crippen molar-refractivity contribution in [2.24, 2.45) is 0 Å². The topological polar surface area (TPSA) is 79.0 Å². The van der Waals surface area contributed by atoms with Gasteiger partial charge < -0.3 is 15.4 Å². The number of fused-ring (bicyclic) bond motifs is 1. The van der Waals surface area contributed by atoms with Gasteiger partial charge in [-0.2, -0.15) is 4.39 Å². The van der Waals surface area contributed by atoms with Crippen molar-refractivity contribution in [3.05, 3.63) is 83.8 Å². The van der Waals surface area contributed by atoms with Crippen molar-refractivity contribution < 1.29 is 13.9 Å². The molecule has 0 saturated carbocycles. The summed E-state index contributed by atoms with van der Waals surface area (Å²) in [6.07, 6.45) is 0.780. The molecule has 3 aromatic carbocycles. The molecular weight excluding hydrogens is 407 g/mol. The largest absolute Gasteiger partial charge is 0.497 e. The molecule has 0 spiro atoms. The molecule has 1 aromatic heterocycles. The van der Waals surface area contributed by atoms with Crippen LogP contribution in [0.2, 0.25) is 0 Å². The molecule has 6 nitrogen and oxygen atoms in total. The van der Waals surface area contributed by atoms with Crippen molar-refractivity contribution in [3.8, 4) is 16.9 Å². The molecule has 0 radical (unpaired) electrons. The molecule has 0 aliphatic carbocycles. The van der Waals surface area contributed by atoms with Gasteiger partial charge in [0, 0.05) is 12.1 Å². The standard InChI is InChI=1S/C25H23FN4O2/c1-32-20-7-3-6-19(14-20)25(10-11-27-15-25)28-24(31)18-5-2-4-16(12-18)17-8-9-22-21(13-17)23(26)30-29-22/h2-9,12-14,27H,10-11,15H2,1H3,(H,28,31)(H,29,30). The van der Waals surface area contributed by atoms with Crippen molar-refractivity contribution in [2.45, 2.75) is 12.0 Å². The van der Waals surface area contributed by atoms with Crippen molar-refractivity contribution in [1.82, 2.24) is 20.8 Å². The van der Waals surface area contributed by atoms with Gasteiger partial charge in [-0.3, -0.25) is 9.89 Å². The lowest BCUT2D eigenvalue weighted by Crippen LogP contribution is -2.47. The van der Waals surface area contributed by atoms with E-state index in [2.05, 4.69) is 20.8 Å². The van der Waals surface area contributed by atoms with E-state index in [0.29, 0.717) is 23.0 Å². The van der Waals surface area contributed by atoms with Crippen LogP contribution >= 0.6 is 0 Å². The number of ether oxygens (including phenoxy) is 1. The molecule has 3 N–H and O–H groups in total. The van der Waals surface area contributed by atoms with Crippen LogP contribution in [0.4, 0.5) is 4.39 Å². The highest BCUT2D eigenvalue weighted by Gasteiger charge is 2.37. The van der Waals surface area contributed by atoms with E-state index >= 15 is 0 Å². The maximum absolute atomic E-state index is 13.9. The Kier molecular flexibility index (Phi) is 5.11. The molecule has 1 aliphatic rings. The smallest absolute Gasteiger partial charge is 0.252 e. The van der Waals surface area contributed by atoms with Crippen LogP contribution in [0.1, 0.15) is 22.3 Å². The number of methoxy groups -OCH3 is 1. The van der Waals surface area contributed by atoms with Gasteiger partial charge >= 0.3 is 0 Å². The summed E-state index contributed by atoms with van der Waals surface area (Å²) in [6.45, 7) is 1.45. The van der Waals surface area contributed by atoms with E-state index in [1.807, 2.05) is 48.5 Å². The number of nitrogens with zero attached hydrogens (tertiary/aromatic N) is 1. The monoisotopic (exact) mass is 430 g/mol. The highest BCUT2D eigenvalue weighted by atomic mass is 19.1. The third-order valence-electron chi connectivity index (χ3n) is 6.10. The quantitative estimate of drug-likeness (QED) is 0.447. The number of amides is 1. The molecule has 5 rings (SSSR count). The predicted molar refractivity (Wildman–Crippen MR) is 121 cm³/mol. The first-order valence-corrected chi connectivity index (χ1v) is 10.5. The lowest BCUT2D eigenvalue weighted by atomic mass is 9.88. The zero-order valence-electron chi connectivity index (χ0n) is 17.6. The summed E-state index contributed by atoms with van der Waals surface area (Å²) in [4.78, 5) is 13.3. The van der Waals surface area contributed by atoms with Crippen molar-refractivity contribution in [2.75, 3.05) is 20.2 Å². The molecule has 1 fully saturated rings. The van der Waals surface area contributed by atoms with Crippen LogP contribution in [0.3, 0.4) is 0 Å². The Balaban J connectivity index is 1.45. The number of aromatic amines is 1. The van der Waals surface area contributed by atoms with Crippen LogP contribution in [-0.4, -0.2) is 36.3 Å². The Labute approximate surface area is 184 Å². The van der Waals surface area contributed by atoms with E-state index in [9.17, 15) is 9.18 Å². The SMILES string of the molecule is COc1cccc(C2(NC(=O)c3cccc(-c4ccc5[nH]nc(F)c5c4)c3)CCNC2)c1. The third-order valence-corrected chi connectivity index (χ3v) is 6.10. The van der Waals surface area contributed by atoms with Crippen LogP contribution in [0, 0.1) is 5.95 Å². The number of halogens is 1. The molecular formula is C25H23FN4O2. The second-order valence-corrected chi connectivity index (χ2v) is 8.05. The van der Waals surface area contributed by atoms with Crippen molar-refractivity contribution >= 4 is 16.8 Å². The first-order valence-electron chi connectivity index (χ1n) is 10.5. The minimum Gasteiger partial charge on any atom is -0.497 e. The molecule has 162 valence electrons. The first-order chi connectivity index (χ1) is 15.6. The molecule has 2 heterocycles. The van der Waals surface area contributed by atoms with Gasteiger partial charge in [-0.05, 0) is 66.1 Å². The number of carbonyl (C=O) groups is 1. The minimum atomic E-state index is -0.537. The van der Waals surface area contributed by atoms with E-state index < -0.39 is 11.5 Å². The molecule has 1 aliphatic heterocycles. The fourth-order valence-electron chi connectivity index (χ4n) is 4.33. The van der Waals surface area contributed by atoms with Crippen molar-refractivity contribution in [1.29, 1.82) is 0 Å². The number of benzene rings is 3. The lowest BCUT2D eigenvalue weighted by molar-refractivity contribution is 0.0904. The molecule has 1 saturated heterocycles. The highest BCUT2D eigenvalue weighted by molar-refractivity contribution is 5.96. The summed E-state index contributed by atoms with van der Waals surface area (Å²) in [5, 5.41) is 13.3. The molecule has 1 amide bonds. The number of aromatic nitrogens is 2. The van der Waals surface area contributed by atoms with Crippen LogP contribution in [0.5, 0.6) is 5.75 Å². The maximum Gasteiger partial charge on any atom is 0.252 e. The summed E-state index contributed by atoms with van der Waals surface area (Å²) >= 11 is 0. The Morgan fingerprint density at radius 2 is 1.94 bits per heavy atom. The summed E-state index contributed by atoms with van der Waals surface area (Å²) in [5.41, 5.74) is 3.32. The number of carbonyl (C=O) groups excluding carboxylic acids is 1. The van der Waals surface area contributed by atoms with Gasteiger partial charge in [-0.15, -0.1) is 5.10 Å². The number of hydrogen-bond acceptors (Lipinski definition) is 4. The minimum absolute atomic E-state index is 0.158. The van der Waals surface area contributed by atoms with Gasteiger partial charge in [0.15, 0.2) is 0 Å². The number of rotatable bonds is 5. The average Bonchev–Trinajstić information content (AvgIpc) is 3.46. The molecule has 7 heteroatoms. The van der Waals surface area contributed by atoms with Gasteiger partial charge in [-0.1, -0.05) is 30.3 Å². The van der Waals surface area contributed by atoms with Crippen LogP contribution in [0.25, 0.3) is 22.0 Å². The Morgan fingerprint density at radius 3 is 2.75 bits per heavy atom. The molecule has 32 heavy (non-hydrogen) atoms. The molecule has 0 bridgehead atoms. The van der Waals surface area contributed by atoms with Crippen LogP contribution in [0.15, 0.2) is 66.7 Å². The second kappa shape index (κ2) is 8.09. The lowest BCUT2D eigenvalue weighted by Gasteiger charge is -2.30. The van der Waals surface area contributed by atoms with E-state index in [-0.39, 0.29) is 5.91 Å². The first kappa shape index (κ1) is 20.2. The number of nitrogens with one attached hydrogen (secondary N) is 3. The van der Waals surface area contributed by atoms with Gasteiger partial charge in [0.1, 0.15) is 5.75 Å². The number of H-pyrrole nitrogens is 1. The Morgan fingerprint density at radius 1 is 1.09 bits per heavy atom. The fourth-order valence-corrected chi connectivity index (χ4v) is 4.33. The Bertz CT molecular complexity index is 1290. The van der Waals surface area contributed by atoms with Crippen LogP contribution < -0.4 is 15.4 Å². The second-order valence-electron chi connectivity index (χ2n) is 8.05. The van der Waals surface area contributed by atoms with Gasteiger partial charge in [0.2, 0.25) is 5.95 Å². The molecule has 4 aromatic rings. The molecule has 1 atom stereocenters. The zero-order chi connectivity index (χ0) is 22.1. The van der Waals surface area contributed by atoms with Gasteiger partial charge in [0.05, 0.1) is 23.6 Å². The average molecular weight is 430 g/mol. The van der Waals surface area contributed by atoms with E-state index in [0.717, 1.165) is 35.4 Å². The zero-order valence-corrected chi connectivity index (χ0v) is 17.6. The van der Waals surface area contributed by atoms with Gasteiger partial charge in [0.25, 0.3) is 5.91 Å².